The smallest absolute Gasteiger partial charge is 0.323 e. The van der Waals surface area contributed by atoms with Gasteiger partial charge in [-0.3, -0.25) is 10.1 Å². The van der Waals surface area contributed by atoms with Crippen LogP contribution in [0, 0.1) is 0 Å². The molecule has 1 aromatic heterocycles. The number of rotatable bonds is 5. The van der Waals surface area contributed by atoms with Crippen molar-refractivity contribution in [3.8, 4) is 0 Å². The number of nitrogens with one attached hydrogen (secondary N) is 1. The Morgan fingerprint density at radius 2 is 2.38 bits per heavy atom. The molecule has 0 aliphatic heterocycles. The zero-order chi connectivity index (χ0) is 12.0. The maximum Gasteiger partial charge on any atom is 0.323 e. The summed E-state index contributed by atoms with van der Waals surface area (Å²) >= 11 is 1.33. The summed E-state index contributed by atoms with van der Waals surface area (Å²) in [6.45, 7) is 0.406. The van der Waals surface area contributed by atoms with E-state index in [1.165, 1.54) is 16.2 Å². The molecule has 6 nitrogen and oxygen atoms in total. The van der Waals surface area contributed by atoms with Gasteiger partial charge < -0.3 is 10.0 Å². The maximum atomic E-state index is 11.5. The number of hydrogen-bond acceptors (Lipinski definition) is 4. The van der Waals surface area contributed by atoms with Crippen LogP contribution in [0.2, 0.25) is 0 Å². The lowest BCUT2D eigenvalue weighted by Gasteiger charge is -2.16. The van der Waals surface area contributed by atoms with Gasteiger partial charge in [0.2, 0.25) is 0 Å². The number of carboxylic acids is 1. The van der Waals surface area contributed by atoms with Gasteiger partial charge in [-0.05, 0) is 6.42 Å². The van der Waals surface area contributed by atoms with E-state index in [4.69, 9.17) is 5.11 Å². The normalized spacial score (nSPS) is 9.81. The van der Waals surface area contributed by atoms with Gasteiger partial charge >= 0.3 is 12.0 Å². The van der Waals surface area contributed by atoms with Crippen molar-refractivity contribution >= 4 is 28.5 Å². The van der Waals surface area contributed by atoms with E-state index in [1.54, 1.807) is 18.6 Å². The van der Waals surface area contributed by atoms with Crippen LogP contribution < -0.4 is 5.32 Å². The number of thiazole rings is 1. The highest BCUT2D eigenvalue weighted by Gasteiger charge is 2.09. The lowest BCUT2D eigenvalue weighted by Crippen LogP contribution is -2.32. The molecular formula is C9H13N3O3S. The van der Waals surface area contributed by atoms with E-state index in [9.17, 15) is 9.59 Å². The number of hydrogen-bond donors (Lipinski definition) is 2. The SMILES string of the molecule is CN(CCCC(=O)O)C(=O)Nc1nccs1. The average molecular weight is 243 g/mol. The Labute approximate surface area is 96.9 Å². The number of aromatic nitrogens is 1. The average Bonchev–Trinajstić information content (AvgIpc) is 2.69. The number of amides is 2. The zero-order valence-electron chi connectivity index (χ0n) is 8.84. The molecule has 0 saturated carbocycles. The van der Waals surface area contributed by atoms with Crippen molar-refractivity contribution in [2.75, 3.05) is 18.9 Å². The van der Waals surface area contributed by atoms with E-state index in [0.717, 1.165) is 0 Å². The van der Waals surface area contributed by atoms with Gasteiger partial charge in [-0.25, -0.2) is 9.78 Å². The van der Waals surface area contributed by atoms with Gasteiger partial charge in [0.25, 0.3) is 0 Å². The van der Waals surface area contributed by atoms with E-state index in [0.29, 0.717) is 18.1 Å². The molecule has 1 rings (SSSR count). The Morgan fingerprint density at radius 1 is 1.62 bits per heavy atom. The molecule has 0 aliphatic rings. The highest BCUT2D eigenvalue weighted by Crippen LogP contribution is 2.10. The number of urea groups is 1. The zero-order valence-corrected chi connectivity index (χ0v) is 9.66. The van der Waals surface area contributed by atoms with Crippen LogP contribution in [0.5, 0.6) is 0 Å². The molecular weight excluding hydrogens is 230 g/mol. The monoisotopic (exact) mass is 243 g/mol. The minimum Gasteiger partial charge on any atom is -0.481 e. The Hall–Kier alpha value is -1.63. The number of anilines is 1. The van der Waals surface area contributed by atoms with E-state index in [-0.39, 0.29) is 12.5 Å². The highest BCUT2D eigenvalue weighted by molar-refractivity contribution is 7.13. The third-order valence-corrected chi connectivity index (χ3v) is 2.57. The molecule has 0 aromatic carbocycles. The standard InChI is InChI=1S/C9H13N3O3S/c1-12(5-2-3-7(13)14)9(15)11-8-10-4-6-16-8/h4,6H,2-3,5H2,1H3,(H,13,14)(H,10,11,15). The molecule has 0 aliphatic carbocycles. The maximum absolute atomic E-state index is 11.5. The van der Waals surface area contributed by atoms with Crippen LogP contribution in [0.3, 0.4) is 0 Å². The van der Waals surface area contributed by atoms with Gasteiger partial charge in [0.15, 0.2) is 5.13 Å². The number of carbonyl (C=O) groups excluding carboxylic acids is 1. The number of carboxylic acid groups (broad SMARTS) is 1. The first kappa shape index (κ1) is 12.4. The van der Waals surface area contributed by atoms with E-state index in [2.05, 4.69) is 10.3 Å². The fourth-order valence-electron chi connectivity index (χ4n) is 1.04. The molecule has 0 spiro atoms. The van der Waals surface area contributed by atoms with Crippen molar-refractivity contribution in [1.29, 1.82) is 0 Å². The van der Waals surface area contributed by atoms with Crippen molar-refractivity contribution in [1.82, 2.24) is 9.88 Å². The molecule has 16 heavy (non-hydrogen) atoms. The molecule has 0 unspecified atom stereocenters. The van der Waals surface area contributed by atoms with E-state index < -0.39 is 5.97 Å². The van der Waals surface area contributed by atoms with Crippen LogP contribution in [-0.4, -0.2) is 40.6 Å². The second-order valence-electron chi connectivity index (χ2n) is 3.19. The van der Waals surface area contributed by atoms with Crippen molar-refractivity contribution in [3.63, 3.8) is 0 Å². The van der Waals surface area contributed by atoms with Crippen molar-refractivity contribution in [2.45, 2.75) is 12.8 Å². The first-order valence-corrected chi connectivity index (χ1v) is 5.61. The van der Waals surface area contributed by atoms with Crippen molar-refractivity contribution < 1.29 is 14.7 Å². The van der Waals surface area contributed by atoms with Gasteiger partial charge in [0.05, 0.1) is 0 Å². The second kappa shape index (κ2) is 6.06. The molecule has 0 bridgehead atoms. The molecule has 0 saturated heterocycles. The minimum absolute atomic E-state index is 0.0644. The molecule has 1 aromatic rings. The summed E-state index contributed by atoms with van der Waals surface area (Å²) in [6.07, 6.45) is 2.11. The van der Waals surface area contributed by atoms with Crippen LogP contribution >= 0.6 is 11.3 Å². The minimum atomic E-state index is -0.853. The lowest BCUT2D eigenvalue weighted by molar-refractivity contribution is -0.137. The Morgan fingerprint density at radius 3 is 2.94 bits per heavy atom. The number of nitrogens with zero attached hydrogens (tertiary/aromatic N) is 2. The molecule has 7 heteroatoms. The van der Waals surface area contributed by atoms with Crippen LogP contribution in [0.4, 0.5) is 9.93 Å². The van der Waals surface area contributed by atoms with Crippen LogP contribution in [0.25, 0.3) is 0 Å². The molecule has 2 amide bonds. The van der Waals surface area contributed by atoms with E-state index >= 15 is 0 Å². The number of aliphatic carboxylic acids is 1. The third kappa shape index (κ3) is 4.26. The van der Waals surface area contributed by atoms with Crippen LogP contribution in [0.1, 0.15) is 12.8 Å². The number of carbonyl (C=O) groups is 2. The van der Waals surface area contributed by atoms with Crippen LogP contribution in [0.15, 0.2) is 11.6 Å². The summed E-state index contributed by atoms with van der Waals surface area (Å²) in [5, 5.41) is 13.4. The van der Waals surface area contributed by atoms with E-state index in [1.807, 2.05) is 0 Å². The molecule has 0 fully saturated rings. The first-order chi connectivity index (χ1) is 7.59. The summed E-state index contributed by atoms with van der Waals surface area (Å²) in [4.78, 5) is 27.1. The summed E-state index contributed by atoms with van der Waals surface area (Å²) in [6, 6.07) is -0.277. The quantitative estimate of drug-likeness (QED) is 0.820. The Kier molecular flexibility index (Phi) is 4.71. The Balaban J connectivity index is 2.28. The third-order valence-electron chi connectivity index (χ3n) is 1.88. The fraction of sp³-hybridized carbons (Fsp3) is 0.444. The molecule has 88 valence electrons. The first-order valence-electron chi connectivity index (χ1n) is 4.73. The fourth-order valence-corrected chi connectivity index (χ4v) is 1.56. The topological polar surface area (TPSA) is 82.5 Å². The molecule has 0 atom stereocenters. The van der Waals surface area contributed by atoms with Crippen LogP contribution in [-0.2, 0) is 4.79 Å². The van der Waals surface area contributed by atoms with Gasteiger partial charge in [0, 0.05) is 31.6 Å². The van der Waals surface area contributed by atoms with Crippen molar-refractivity contribution in [2.24, 2.45) is 0 Å². The predicted molar refractivity (Wildman–Crippen MR) is 60.6 cm³/mol. The summed E-state index contributed by atoms with van der Waals surface area (Å²) in [7, 11) is 1.62. The summed E-state index contributed by atoms with van der Waals surface area (Å²) in [5.41, 5.74) is 0. The van der Waals surface area contributed by atoms with Gasteiger partial charge in [-0.2, -0.15) is 0 Å². The highest BCUT2D eigenvalue weighted by atomic mass is 32.1. The lowest BCUT2D eigenvalue weighted by atomic mass is 10.3. The molecule has 2 N–H and O–H groups in total. The van der Waals surface area contributed by atoms with Gasteiger partial charge in [0.1, 0.15) is 0 Å². The van der Waals surface area contributed by atoms with Gasteiger partial charge in [-0.15, -0.1) is 11.3 Å². The summed E-state index contributed by atoms with van der Waals surface area (Å²) in [5.74, 6) is -0.853. The molecule has 1 heterocycles. The molecule has 0 radical (unpaired) electrons. The van der Waals surface area contributed by atoms with Crippen molar-refractivity contribution in [3.05, 3.63) is 11.6 Å². The summed E-state index contributed by atoms with van der Waals surface area (Å²) < 4.78 is 0. The second-order valence-corrected chi connectivity index (χ2v) is 4.08. The predicted octanol–water partition coefficient (Wildman–Crippen LogP) is 1.47. The largest absolute Gasteiger partial charge is 0.481 e. The Bertz CT molecular complexity index is 353. The van der Waals surface area contributed by atoms with Gasteiger partial charge in [-0.1, -0.05) is 0 Å².